The summed E-state index contributed by atoms with van der Waals surface area (Å²) >= 11 is 6.02. The van der Waals surface area contributed by atoms with Crippen LogP contribution in [-0.4, -0.2) is 25.9 Å². The van der Waals surface area contributed by atoms with Crippen molar-refractivity contribution in [3.63, 3.8) is 0 Å². The fourth-order valence-electron chi connectivity index (χ4n) is 1.53. The van der Waals surface area contributed by atoms with Crippen molar-refractivity contribution in [3.05, 3.63) is 16.7 Å². The Morgan fingerprint density at radius 1 is 1.38 bits per heavy atom. The number of methoxy groups -OCH3 is 2. The van der Waals surface area contributed by atoms with Gasteiger partial charge in [0.15, 0.2) is 11.5 Å². The first-order valence-corrected chi connectivity index (χ1v) is 5.35. The van der Waals surface area contributed by atoms with Gasteiger partial charge in [0, 0.05) is 11.6 Å². The molecule has 5 heteroatoms. The lowest BCUT2D eigenvalue weighted by Gasteiger charge is -2.15. The van der Waals surface area contributed by atoms with Crippen molar-refractivity contribution in [1.29, 1.82) is 0 Å². The molecule has 16 heavy (non-hydrogen) atoms. The zero-order valence-corrected chi connectivity index (χ0v) is 10.2. The molecule has 0 unspecified atom stereocenters. The predicted octanol–water partition coefficient (Wildman–Crippen LogP) is 1.95. The quantitative estimate of drug-likeness (QED) is 0.832. The molecule has 3 N–H and O–H groups in total. The van der Waals surface area contributed by atoms with Crippen LogP contribution in [-0.2, 0) is 6.42 Å². The second-order valence-electron chi connectivity index (χ2n) is 3.32. The Balaban J connectivity index is 3.23. The van der Waals surface area contributed by atoms with Gasteiger partial charge in [-0.15, -0.1) is 0 Å². The highest BCUT2D eigenvalue weighted by Crippen LogP contribution is 2.42. The molecule has 1 aromatic carbocycles. The van der Waals surface area contributed by atoms with Crippen molar-refractivity contribution in [2.45, 2.75) is 12.8 Å². The molecule has 0 bridgehead atoms. The van der Waals surface area contributed by atoms with Crippen LogP contribution in [0.5, 0.6) is 17.2 Å². The molecule has 1 rings (SSSR count). The predicted molar refractivity (Wildman–Crippen MR) is 63.6 cm³/mol. The van der Waals surface area contributed by atoms with Gasteiger partial charge in [0.05, 0.1) is 19.2 Å². The third-order valence-electron chi connectivity index (χ3n) is 2.31. The van der Waals surface area contributed by atoms with Gasteiger partial charge in [-0.25, -0.2) is 0 Å². The average Bonchev–Trinajstić information content (AvgIpc) is 2.30. The van der Waals surface area contributed by atoms with Crippen LogP contribution in [0.3, 0.4) is 0 Å². The number of rotatable bonds is 5. The molecule has 0 saturated heterocycles. The van der Waals surface area contributed by atoms with Crippen LogP contribution in [0, 0.1) is 0 Å². The molecule has 0 heterocycles. The molecule has 0 fully saturated rings. The van der Waals surface area contributed by atoms with Crippen LogP contribution >= 0.6 is 11.6 Å². The molecular weight excluding hydrogens is 230 g/mol. The largest absolute Gasteiger partial charge is 0.506 e. The van der Waals surface area contributed by atoms with Crippen LogP contribution in [0.4, 0.5) is 0 Å². The van der Waals surface area contributed by atoms with Crippen molar-refractivity contribution in [2.75, 3.05) is 20.8 Å². The third-order valence-corrected chi connectivity index (χ3v) is 2.73. The van der Waals surface area contributed by atoms with E-state index in [2.05, 4.69) is 0 Å². The summed E-state index contributed by atoms with van der Waals surface area (Å²) in [6.07, 6.45) is 1.41. The summed E-state index contributed by atoms with van der Waals surface area (Å²) in [4.78, 5) is 0. The zero-order chi connectivity index (χ0) is 12.1. The maximum atomic E-state index is 9.63. The second-order valence-corrected chi connectivity index (χ2v) is 3.69. The fourth-order valence-corrected chi connectivity index (χ4v) is 1.77. The van der Waals surface area contributed by atoms with Gasteiger partial charge >= 0.3 is 0 Å². The summed E-state index contributed by atoms with van der Waals surface area (Å²) in [6, 6.07) is 1.44. The molecule has 0 aliphatic heterocycles. The van der Waals surface area contributed by atoms with Gasteiger partial charge in [-0.05, 0) is 19.4 Å². The van der Waals surface area contributed by atoms with Crippen LogP contribution in [0.25, 0.3) is 0 Å². The molecule has 0 radical (unpaired) electrons. The summed E-state index contributed by atoms with van der Waals surface area (Å²) < 4.78 is 10.4. The summed E-state index contributed by atoms with van der Waals surface area (Å²) in [5, 5.41) is 9.93. The number of ether oxygens (including phenoxy) is 2. The number of hydrogen-bond acceptors (Lipinski definition) is 4. The summed E-state index contributed by atoms with van der Waals surface area (Å²) in [7, 11) is 3.05. The molecule has 0 aliphatic rings. The monoisotopic (exact) mass is 245 g/mol. The van der Waals surface area contributed by atoms with E-state index in [0.29, 0.717) is 29.5 Å². The Morgan fingerprint density at radius 2 is 2.06 bits per heavy atom. The number of aromatic hydroxyl groups is 1. The maximum absolute atomic E-state index is 9.63. The van der Waals surface area contributed by atoms with E-state index in [1.807, 2.05) is 0 Å². The van der Waals surface area contributed by atoms with Gasteiger partial charge < -0.3 is 20.3 Å². The Kier molecular flexibility index (Phi) is 4.71. The molecule has 0 atom stereocenters. The van der Waals surface area contributed by atoms with Crippen molar-refractivity contribution < 1.29 is 14.6 Å². The number of benzene rings is 1. The van der Waals surface area contributed by atoms with E-state index in [9.17, 15) is 5.11 Å². The van der Waals surface area contributed by atoms with Gasteiger partial charge in [0.2, 0.25) is 0 Å². The van der Waals surface area contributed by atoms with Gasteiger partial charge in [-0.1, -0.05) is 11.6 Å². The lowest BCUT2D eigenvalue weighted by molar-refractivity contribution is 0.348. The number of hydrogen-bond donors (Lipinski definition) is 2. The van der Waals surface area contributed by atoms with E-state index in [1.54, 1.807) is 0 Å². The number of phenolic OH excluding ortho intramolecular Hbond substituents is 1. The third kappa shape index (κ3) is 2.51. The van der Waals surface area contributed by atoms with Crippen molar-refractivity contribution in [1.82, 2.24) is 0 Å². The molecule has 90 valence electrons. The zero-order valence-electron chi connectivity index (χ0n) is 9.42. The molecule has 0 saturated carbocycles. The van der Waals surface area contributed by atoms with Crippen LogP contribution in [0.2, 0.25) is 5.02 Å². The van der Waals surface area contributed by atoms with Crippen LogP contribution < -0.4 is 15.2 Å². The van der Waals surface area contributed by atoms with E-state index in [1.165, 1.54) is 20.3 Å². The van der Waals surface area contributed by atoms with Gasteiger partial charge in [-0.3, -0.25) is 0 Å². The maximum Gasteiger partial charge on any atom is 0.165 e. The fraction of sp³-hybridized carbons (Fsp3) is 0.455. The molecule has 4 nitrogen and oxygen atoms in total. The topological polar surface area (TPSA) is 64.7 Å². The minimum absolute atomic E-state index is 0.00802. The van der Waals surface area contributed by atoms with Gasteiger partial charge in [-0.2, -0.15) is 0 Å². The lowest BCUT2D eigenvalue weighted by Crippen LogP contribution is -2.03. The minimum atomic E-state index is -0.00802. The van der Waals surface area contributed by atoms with Crippen LogP contribution in [0.1, 0.15) is 12.0 Å². The normalized spacial score (nSPS) is 10.2. The Morgan fingerprint density at radius 3 is 2.56 bits per heavy atom. The van der Waals surface area contributed by atoms with E-state index < -0.39 is 0 Å². The Bertz CT molecular complexity index is 369. The summed E-state index contributed by atoms with van der Waals surface area (Å²) in [5.74, 6) is 1.02. The highest BCUT2D eigenvalue weighted by atomic mass is 35.5. The highest BCUT2D eigenvalue weighted by molar-refractivity contribution is 6.33. The van der Waals surface area contributed by atoms with Gasteiger partial charge in [0.25, 0.3) is 0 Å². The van der Waals surface area contributed by atoms with Gasteiger partial charge in [0.1, 0.15) is 5.75 Å². The smallest absolute Gasteiger partial charge is 0.165 e. The van der Waals surface area contributed by atoms with E-state index in [0.717, 1.165) is 12.0 Å². The van der Waals surface area contributed by atoms with Crippen molar-refractivity contribution in [3.8, 4) is 17.2 Å². The van der Waals surface area contributed by atoms with E-state index >= 15 is 0 Å². The van der Waals surface area contributed by atoms with E-state index in [4.69, 9.17) is 26.8 Å². The van der Waals surface area contributed by atoms with Crippen LogP contribution in [0.15, 0.2) is 6.07 Å². The summed E-state index contributed by atoms with van der Waals surface area (Å²) in [5.41, 5.74) is 6.18. The Hall–Kier alpha value is -1.13. The standard InChI is InChI=1S/C11H16ClNO3/c1-15-9-6-8(14)10(12)7(4-3-5-13)11(9)16-2/h6,14H,3-5,13H2,1-2H3. The Labute approximate surface area is 99.9 Å². The molecule has 0 aromatic heterocycles. The molecule has 0 spiro atoms. The average molecular weight is 246 g/mol. The first-order valence-electron chi connectivity index (χ1n) is 4.98. The molecule has 0 aliphatic carbocycles. The van der Waals surface area contributed by atoms with E-state index in [-0.39, 0.29) is 5.75 Å². The SMILES string of the molecule is COc1cc(O)c(Cl)c(CCCN)c1OC. The first kappa shape index (κ1) is 12.9. The van der Waals surface area contributed by atoms with Crippen molar-refractivity contribution in [2.24, 2.45) is 5.73 Å². The summed E-state index contributed by atoms with van der Waals surface area (Å²) in [6.45, 7) is 0.553. The highest BCUT2D eigenvalue weighted by Gasteiger charge is 2.17. The number of halogens is 1. The number of nitrogens with two attached hydrogens (primary N) is 1. The molecular formula is C11H16ClNO3. The minimum Gasteiger partial charge on any atom is -0.506 e. The van der Waals surface area contributed by atoms with Crippen molar-refractivity contribution >= 4 is 11.6 Å². The first-order chi connectivity index (χ1) is 7.65. The number of phenols is 1. The molecule has 0 amide bonds. The molecule has 1 aromatic rings. The second kappa shape index (κ2) is 5.82. The lowest BCUT2D eigenvalue weighted by atomic mass is 10.1.